The van der Waals surface area contributed by atoms with Crippen LogP contribution in [-0.4, -0.2) is 129 Å². The van der Waals surface area contributed by atoms with Crippen molar-refractivity contribution in [3.63, 3.8) is 0 Å². The van der Waals surface area contributed by atoms with Gasteiger partial charge in [0.2, 0.25) is 0 Å². The Morgan fingerprint density at radius 3 is 1.16 bits per heavy atom. The Hall–Kier alpha value is -0.400. The molecular formula is C104H198O10. The highest BCUT2D eigenvalue weighted by Crippen LogP contribution is 2.61. The van der Waals surface area contributed by atoms with Gasteiger partial charge < -0.3 is 47.4 Å². The Balaban J connectivity index is 0.000000199. The van der Waals surface area contributed by atoms with E-state index in [0.29, 0.717) is 77.4 Å². The molecule has 0 amide bonds. The van der Waals surface area contributed by atoms with Gasteiger partial charge in [0.15, 0.2) is 0 Å². The maximum Gasteiger partial charge on any atom is 0.0690 e. The number of rotatable bonds is 27. The van der Waals surface area contributed by atoms with E-state index in [4.69, 9.17) is 47.4 Å². The fourth-order valence-electron chi connectivity index (χ4n) is 26.4. The monoisotopic (exact) mass is 1610 g/mol. The van der Waals surface area contributed by atoms with Crippen molar-refractivity contribution in [3.8, 4) is 0 Å². The zero-order valence-corrected chi connectivity index (χ0v) is 80.7. The van der Waals surface area contributed by atoms with Gasteiger partial charge in [0.25, 0.3) is 0 Å². The van der Waals surface area contributed by atoms with E-state index in [1.165, 1.54) is 193 Å². The van der Waals surface area contributed by atoms with Gasteiger partial charge in [-0.3, -0.25) is 0 Å². The van der Waals surface area contributed by atoms with Gasteiger partial charge in [-0.05, 0) is 403 Å². The molecule has 0 aliphatic heterocycles. The smallest absolute Gasteiger partial charge is 0.0690 e. The summed E-state index contributed by atoms with van der Waals surface area (Å²) >= 11 is 0. The van der Waals surface area contributed by atoms with Crippen LogP contribution in [0, 0.1) is 153 Å². The maximum absolute atomic E-state index is 6.04. The lowest BCUT2D eigenvalue weighted by Crippen LogP contribution is -2.51. The summed E-state index contributed by atoms with van der Waals surface area (Å²) in [6, 6.07) is 0. The third-order valence-corrected chi connectivity index (χ3v) is 33.0. The molecule has 0 radical (unpaired) electrons. The summed E-state index contributed by atoms with van der Waals surface area (Å²) in [4.78, 5) is 0. The topological polar surface area (TPSA) is 92.3 Å². The van der Waals surface area contributed by atoms with E-state index >= 15 is 0 Å². The standard InChI is InChI=1S/C14H26O.2C13H22O.2C12H20O.C12H24O.C8H18O.2C7H16O.C6H14O/c1-2-15-14-10-6-9-13(11-14)12-7-4-3-5-8-12;1-2-14-9-13-6-10-3-11(7-13)5-12(4-10)8-13;1-2-14-8-13-11-4-9-3-10(6-11)7-12(13)5-9;1-2-13-12-6-9-3-10(7-12)5-11(4-9)8-12;1-2-13-12-10-4-8-3-9(6-10)7-11(12)5-8;1-5-13-12-8-10(4)6-7-11(12)9(2)3;1-6(2)7(3)8(4)9-5;1-5-6(2)7(3)8-4;1-5-8-7(4)6(2)3;1-5(2)6(3)7-4/h12-14H,2-11H2,1H3;10-12H,2-9H2,1H3;9-13H,2-8H2,1H3;9-11H,2-8H2,1H3;8-12H,2-7H2,1H3;9-12H,5-8H2,1-4H3;6-8H,1-5H3;2*6-7H,5H2,1-4H3;5-6H,1-4H3. The van der Waals surface area contributed by atoms with E-state index in [1.807, 2.05) is 6.92 Å². The first-order valence-electron chi connectivity index (χ1n) is 50.4. The first-order chi connectivity index (χ1) is 54.5. The molecule has 19 saturated carbocycles. The summed E-state index contributed by atoms with van der Waals surface area (Å²) in [5, 5.41) is 0. The molecule has 19 aliphatic carbocycles. The Morgan fingerprint density at radius 1 is 0.342 bits per heavy atom. The molecule has 19 aliphatic rings. The van der Waals surface area contributed by atoms with Crippen molar-refractivity contribution >= 4 is 0 Å². The number of hydrogen-bond donors (Lipinski definition) is 0. The van der Waals surface area contributed by atoms with E-state index in [1.54, 1.807) is 53.4 Å². The first-order valence-corrected chi connectivity index (χ1v) is 50.4. The normalized spacial score (nSPS) is 37.5. The maximum atomic E-state index is 6.04. The molecule has 0 spiro atoms. The molecular weight excluding hydrogens is 1410 g/mol. The Morgan fingerprint density at radius 2 is 0.789 bits per heavy atom. The lowest BCUT2D eigenvalue weighted by molar-refractivity contribution is -0.159. The van der Waals surface area contributed by atoms with Gasteiger partial charge in [-0.15, -0.1) is 0 Å². The third kappa shape index (κ3) is 33.6. The Kier molecular flexibility index (Phi) is 48.2. The molecule has 0 aromatic heterocycles. The van der Waals surface area contributed by atoms with Gasteiger partial charge in [-0.2, -0.15) is 0 Å². The van der Waals surface area contributed by atoms with Crippen LogP contribution in [-0.2, 0) is 47.4 Å². The van der Waals surface area contributed by atoms with Crippen LogP contribution in [0.4, 0.5) is 0 Å². The number of ether oxygens (including phenoxy) is 10. The van der Waals surface area contributed by atoms with E-state index in [9.17, 15) is 0 Å². The highest BCUT2D eigenvalue weighted by molar-refractivity contribution is 5.05. The molecule has 11 atom stereocenters. The molecule has 10 heteroatoms. The number of hydrogen-bond acceptors (Lipinski definition) is 10. The van der Waals surface area contributed by atoms with Crippen molar-refractivity contribution in [1.29, 1.82) is 0 Å². The summed E-state index contributed by atoms with van der Waals surface area (Å²) in [6.07, 6.45) is 54.7. The van der Waals surface area contributed by atoms with Crippen molar-refractivity contribution in [2.24, 2.45) is 153 Å². The predicted octanol–water partition coefficient (Wildman–Crippen LogP) is 27.9. The average Bonchev–Trinajstić information content (AvgIpc) is 0.780. The van der Waals surface area contributed by atoms with Crippen LogP contribution in [0.15, 0.2) is 0 Å². The van der Waals surface area contributed by atoms with Gasteiger partial charge >= 0.3 is 0 Å². The summed E-state index contributed by atoms with van der Waals surface area (Å²) in [5.41, 5.74) is 0.980. The van der Waals surface area contributed by atoms with Gasteiger partial charge in [-0.25, -0.2) is 0 Å². The van der Waals surface area contributed by atoms with E-state index in [-0.39, 0.29) is 0 Å². The number of methoxy groups -OCH3 is 3. The van der Waals surface area contributed by atoms with Crippen LogP contribution < -0.4 is 0 Å². The fourth-order valence-corrected chi connectivity index (χ4v) is 26.4. The Bertz CT molecular complexity index is 2260. The van der Waals surface area contributed by atoms with E-state index in [0.717, 1.165) is 184 Å². The van der Waals surface area contributed by atoms with Crippen LogP contribution in [0.2, 0.25) is 0 Å². The molecule has 16 bridgehead atoms. The second-order valence-corrected chi connectivity index (χ2v) is 42.9. The molecule has 19 fully saturated rings. The predicted molar refractivity (Wildman–Crippen MR) is 483 cm³/mol. The van der Waals surface area contributed by atoms with Gasteiger partial charge in [-0.1, -0.05) is 134 Å². The van der Waals surface area contributed by atoms with Crippen molar-refractivity contribution in [2.45, 2.75) is 432 Å². The minimum atomic E-state index is 0.351. The van der Waals surface area contributed by atoms with E-state index < -0.39 is 0 Å². The molecule has 114 heavy (non-hydrogen) atoms. The van der Waals surface area contributed by atoms with Crippen molar-refractivity contribution < 1.29 is 47.4 Å². The summed E-state index contributed by atoms with van der Waals surface area (Å²) < 4.78 is 55.6. The minimum Gasteiger partial charge on any atom is -0.381 e. The molecule has 0 heterocycles. The van der Waals surface area contributed by atoms with Crippen molar-refractivity contribution in [2.75, 3.05) is 80.8 Å². The third-order valence-electron chi connectivity index (χ3n) is 33.0. The zero-order chi connectivity index (χ0) is 83.7. The van der Waals surface area contributed by atoms with Crippen LogP contribution >= 0.6 is 0 Å². The minimum absolute atomic E-state index is 0.351. The molecule has 0 aromatic carbocycles. The highest BCUT2D eigenvalue weighted by Gasteiger charge is 2.54. The van der Waals surface area contributed by atoms with Crippen LogP contribution in [0.1, 0.15) is 384 Å². The lowest BCUT2D eigenvalue weighted by atomic mass is 9.50. The first kappa shape index (κ1) is 102. The molecule has 674 valence electrons. The molecule has 0 aromatic rings. The van der Waals surface area contributed by atoms with Gasteiger partial charge in [0.05, 0.1) is 54.9 Å². The summed E-state index contributed by atoms with van der Waals surface area (Å²) in [7, 11) is 5.27. The Labute approximate surface area is 709 Å². The van der Waals surface area contributed by atoms with Gasteiger partial charge in [0, 0.05) is 74.2 Å². The van der Waals surface area contributed by atoms with Crippen LogP contribution in [0.3, 0.4) is 0 Å². The van der Waals surface area contributed by atoms with E-state index in [2.05, 4.69) is 152 Å². The zero-order valence-electron chi connectivity index (χ0n) is 80.7. The van der Waals surface area contributed by atoms with Crippen LogP contribution in [0.5, 0.6) is 0 Å². The molecule has 11 unspecified atom stereocenters. The molecule has 19 rings (SSSR count). The highest BCUT2D eigenvalue weighted by atomic mass is 16.5. The van der Waals surface area contributed by atoms with Crippen LogP contribution in [0.25, 0.3) is 0 Å². The SMILES string of the molecule is CCC(C)C(C)OC.CCOC(C)C(C)C.CCOC12CC3CC(CC(C3)C1)C2.CCOC1C2CC3CC(C2)CC1C3.CCOC1CC(C)CCC1C(C)C.CCOC1CCCC(C2CCCCC2)C1.CCOCC12CC3CC(CC(C3)C1)C2.CCOCC1C2CC3CC(C2)CC1C3.COC(C)C(C)C.COC(C)C(C)C(C)C. The molecule has 10 nitrogen and oxygen atoms in total. The summed E-state index contributed by atoms with van der Waals surface area (Å²) in [6.45, 7) is 58.3. The summed E-state index contributed by atoms with van der Waals surface area (Å²) in [5.74, 6) is 23.4. The fraction of sp³-hybridized carbons (Fsp3) is 1.00. The van der Waals surface area contributed by atoms with Gasteiger partial charge in [0.1, 0.15) is 0 Å². The second kappa shape index (κ2) is 53.7. The average molecular weight is 1610 g/mol. The second-order valence-electron chi connectivity index (χ2n) is 42.9. The molecule has 0 N–H and O–H groups in total. The van der Waals surface area contributed by atoms with Crippen molar-refractivity contribution in [1.82, 2.24) is 0 Å². The quantitative estimate of drug-likeness (QED) is 0.0792. The van der Waals surface area contributed by atoms with Crippen molar-refractivity contribution in [3.05, 3.63) is 0 Å². The largest absolute Gasteiger partial charge is 0.381 e. The lowest BCUT2D eigenvalue weighted by Gasteiger charge is -2.56. The molecule has 0 saturated heterocycles.